The first-order valence-electron chi connectivity index (χ1n) is 12.9. The molecule has 0 heterocycles. The van der Waals surface area contributed by atoms with Gasteiger partial charge in [0.05, 0.1) is 0 Å². The van der Waals surface area contributed by atoms with Crippen molar-refractivity contribution in [1.29, 1.82) is 0 Å². The fraction of sp³-hybridized carbons (Fsp3) is 0.375. The molecule has 0 spiro atoms. The average molecular weight is 455 g/mol. The summed E-state index contributed by atoms with van der Waals surface area (Å²) in [5.74, 6) is 0. The molecule has 180 valence electrons. The van der Waals surface area contributed by atoms with Gasteiger partial charge in [0.2, 0.25) is 0 Å². The summed E-state index contributed by atoms with van der Waals surface area (Å²) in [5, 5.41) is 0. The predicted molar refractivity (Wildman–Crippen MR) is 149 cm³/mol. The molecule has 3 rings (SSSR count). The maximum atomic E-state index is 2.58. The van der Waals surface area contributed by atoms with Gasteiger partial charge in [-0.2, -0.15) is 0 Å². The van der Waals surface area contributed by atoms with Crippen LogP contribution in [0.4, 0.5) is 0 Å². The van der Waals surface area contributed by atoms with Gasteiger partial charge in [0.25, 0.3) is 0 Å². The third kappa shape index (κ3) is 7.33. The summed E-state index contributed by atoms with van der Waals surface area (Å²) in [5.41, 5.74) is 9.20. The molecule has 2 nitrogen and oxygen atoms in total. The van der Waals surface area contributed by atoms with E-state index in [1.54, 1.807) is 0 Å². The van der Waals surface area contributed by atoms with E-state index in [0.717, 1.165) is 26.2 Å². The van der Waals surface area contributed by atoms with Crippen LogP contribution in [0.1, 0.15) is 55.9 Å². The lowest BCUT2D eigenvalue weighted by Crippen LogP contribution is -2.26. The van der Waals surface area contributed by atoms with Gasteiger partial charge in [0.15, 0.2) is 0 Å². The Morgan fingerprint density at radius 1 is 0.735 bits per heavy atom. The first-order chi connectivity index (χ1) is 16.5. The molecular weight excluding hydrogens is 412 g/mol. The number of allylic oxidation sites excluding steroid dienone is 1. The van der Waals surface area contributed by atoms with Crippen LogP contribution < -0.4 is 0 Å². The van der Waals surface area contributed by atoms with Gasteiger partial charge >= 0.3 is 0 Å². The molecule has 3 aromatic rings. The van der Waals surface area contributed by atoms with E-state index in [1.165, 1.54) is 58.5 Å². The zero-order chi connectivity index (χ0) is 24.3. The van der Waals surface area contributed by atoms with Crippen LogP contribution in [0.25, 0.3) is 16.8 Å². The molecule has 0 atom stereocenters. The van der Waals surface area contributed by atoms with Gasteiger partial charge in [-0.05, 0) is 75.5 Å². The molecule has 0 aliphatic rings. The maximum Gasteiger partial charge on any atom is 0.0429 e. The molecule has 0 radical (unpaired) electrons. The quantitative estimate of drug-likeness (QED) is 0.256. The van der Waals surface area contributed by atoms with Crippen molar-refractivity contribution in [3.63, 3.8) is 0 Å². The minimum absolute atomic E-state index is 0.938. The predicted octanol–water partition coefficient (Wildman–Crippen LogP) is 7.96. The van der Waals surface area contributed by atoms with E-state index in [2.05, 4.69) is 123 Å². The molecule has 0 bridgehead atoms. The summed E-state index contributed by atoms with van der Waals surface area (Å²) in [6, 6.07) is 26.6. The Morgan fingerprint density at radius 2 is 1.32 bits per heavy atom. The highest BCUT2D eigenvalue weighted by Gasteiger charge is 2.13. The SMILES string of the molecule is C/C=C(/c1ccc(-c2ccccc2)cc1)N(CCCCN(CC)CC)Cc1cc(C)cc(C)c1. The lowest BCUT2D eigenvalue weighted by molar-refractivity contribution is 0.286. The topological polar surface area (TPSA) is 6.48 Å². The van der Waals surface area contributed by atoms with Gasteiger partial charge in [-0.25, -0.2) is 0 Å². The maximum absolute atomic E-state index is 2.58. The van der Waals surface area contributed by atoms with Crippen LogP contribution in [-0.4, -0.2) is 36.0 Å². The van der Waals surface area contributed by atoms with Crippen LogP contribution in [0, 0.1) is 13.8 Å². The van der Waals surface area contributed by atoms with Crippen molar-refractivity contribution in [3.05, 3.63) is 101 Å². The molecule has 0 aromatic heterocycles. The van der Waals surface area contributed by atoms with E-state index < -0.39 is 0 Å². The minimum atomic E-state index is 0.938. The van der Waals surface area contributed by atoms with E-state index in [1.807, 2.05) is 0 Å². The molecule has 0 N–H and O–H groups in total. The highest BCUT2D eigenvalue weighted by molar-refractivity contribution is 5.69. The molecule has 0 unspecified atom stereocenters. The second-order valence-corrected chi connectivity index (χ2v) is 9.27. The standard InChI is InChI=1S/C32H42N2/c1-6-32(31-18-16-30(17-19-31)29-14-10-9-11-15-29)34(21-13-12-20-33(7-2)8-3)25-28-23-26(4)22-27(5)24-28/h6,9-11,14-19,22-24H,7-8,12-13,20-21,25H2,1-5H3/b32-6-. The molecule has 3 aromatic carbocycles. The Kier molecular flexibility index (Phi) is 9.97. The highest BCUT2D eigenvalue weighted by atomic mass is 15.1. The van der Waals surface area contributed by atoms with Crippen LogP contribution in [0.2, 0.25) is 0 Å². The van der Waals surface area contributed by atoms with Crippen molar-refractivity contribution in [3.8, 4) is 11.1 Å². The van der Waals surface area contributed by atoms with Crippen molar-refractivity contribution in [2.75, 3.05) is 26.2 Å². The molecule has 34 heavy (non-hydrogen) atoms. The van der Waals surface area contributed by atoms with Crippen molar-refractivity contribution in [2.24, 2.45) is 0 Å². The molecule has 2 heteroatoms. The van der Waals surface area contributed by atoms with E-state index in [4.69, 9.17) is 0 Å². The second kappa shape index (κ2) is 13.2. The average Bonchev–Trinajstić information content (AvgIpc) is 2.85. The molecule has 0 saturated carbocycles. The minimum Gasteiger partial charge on any atom is -0.367 e. The lowest BCUT2D eigenvalue weighted by atomic mass is 10.0. The Hall–Kier alpha value is -2.84. The summed E-state index contributed by atoms with van der Waals surface area (Å²) < 4.78 is 0. The van der Waals surface area contributed by atoms with E-state index in [0.29, 0.717) is 0 Å². The van der Waals surface area contributed by atoms with Crippen LogP contribution in [0.3, 0.4) is 0 Å². The third-order valence-corrected chi connectivity index (χ3v) is 6.60. The highest BCUT2D eigenvalue weighted by Crippen LogP contribution is 2.26. The lowest BCUT2D eigenvalue weighted by Gasteiger charge is -2.29. The van der Waals surface area contributed by atoms with Crippen LogP contribution in [0.15, 0.2) is 78.9 Å². The van der Waals surface area contributed by atoms with Crippen LogP contribution in [-0.2, 0) is 6.54 Å². The van der Waals surface area contributed by atoms with Crippen molar-refractivity contribution in [1.82, 2.24) is 9.80 Å². The van der Waals surface area contributed by atoms with E-state index >= 15 is 0 Å². The molecule has 0 aliphatic heterocycles. The largest absolute Gasteiger partial charge is 0.367 e. The van der Waals surface area contributed by atoms with Gasteiger partial charge in [-0.3, -0.25) is 0 Å². The number of hydrogen-bond acceptors (Lipinski definition) is 2. The van der Waals surface area contributed by atoms with E-state index in [9.17, 15) is 0 Å². The Morgan fingerprint density at radius 3 is 1.91 bits per heavy atom. The number of unbranched alkanes of at least 4 members (excludes halogenated alkanes) is 1. The van der Waals surface area contributed by atoms with Gasteiger partial charge in [0, 0.05) is 18.8 Å². The fourth-order valence-corrected chi connectivity index (χ4v) is 4.84. The summed E-state index contributed by atoms with van der Waals surface area (Å²) in [6.45, 7) is 16.5. The van der Waals surface area contributed by atoms with E-state index in [-0.39, 0.29) is 0 Å². The second-order valence-electron chi connectivity index (χ2n) is 9.27. The van der Waals surface area contributed by atoms with Gasteiger partial charge in [-0.1, -0.05) is 104 Å². The summed E-state index contributed by atoms with van der Waals surface area (Å²) in [4.78, 5) is 5.10. The first-order valence-corrected chi connectivity index (χ1v) is 12.9. The Balaban J connectivity index is 1.80. The zero-order valence-corrected chi connectivity index (χ0v) is 21.8. The summed E-state index contributed by atoms with van der Waals surface area (Å²) >= 11 is 0. The van der Waals surface area contributed by atoms with Gasteiger partial charge in [0.1, 0.15) is 0 Å². The first kappa shape index (κ1) is 25.8. The number of hydrogen-bond donors (Lipinski definition) is 0. The molecule has 0 saturated heterocycles. The smallest absolute Gasteiger partial charge is 0.0429 e. The number of rotatable bonds is 12. The molecular formula is C32H42N2. The van der Waals surface area contributed by atoms with Gasteiger partial charge in [-0.15, -0.1) is 0 Å². The van der Waals surface area contributed by atoms with Crippen molar-refractivity contribution in [2.45, 2.75) is 54.0 Å². The molecule has 0 aliphatic carbocycles. The Labute approximate surface area is 207 Å². The van der Waals surface area contributed by atoms with Crippen LogP contribution >= 0.6 is 0 Å². The summed E-state index contributed by atoms with van der Waals surface area (Å²) in [6.07, 6.45) is 4.71. The number of nitrogens with zero attached hydrogens (tertiary/aromatic N) is 2. The number of benzene rings is 3. The molecule has 0 fully saturated rings. The third-order valence-electron chi connectivity index (χ3n) is 6.60. The van der Waals surface area contributed by atoms with Gasteiger partial charge < -0.3 is 9.80 Å². The number of aryl methyl sites for hydroxylation is 2. The molecule has 0 amide bonds. The van der Waals surface area contributed by atoms with Crippen molar-refractivity contribution < 1.29 is 0 Å². The zero-order valence-electron chi connectivity index (χ0n) is 21.8. The Bertz CT molecular complexity index is 1010. The van der Waals surface area contributed by atoms with Crippen LogP contribution in [0.5, 0.6) is 0 Å². The van der Waals surface area contributed by atoms with Crippen molar-refractivity contribution >= 4 is 5.70 Å². The summed E-state index contributed by atoms with van der Waals surface area (Å²) in [7, 11) is 0. The fourth-order valence-electron chi connectivity index (χ4n) is 4.84. The normalized spacial score (nSPS) is 11.8. The monoisotopic (exact) mass is 454 g/mol.